The molecule has 1 heterocycles. The summed E-state index contributed by atoms with van der Waals surface area (Å²) in [6.45, 7) is 2.99. The lowest BCUT2D eigenvalue weighted by Crippen LogP contribution is -2.15. The summed E-state index contributed by atoms with van der Waals surface area (Å²) < 4.78 is 2.08. The minimum atomic E-state index is -0.321. The van der Waals surface area contributed by atoms with E-state index in [0.717, 1.165) is 25.2 Å². The molecule has 0 saturated carbocycles. The predicted molar refractivity (Wildman–Crippen MR) is 72.4 cm³/mol. The van der Waals surface area contributed by atoms with Crippen LogP contribution in [0.5, 0.6) is 0 Å². The third-order valence-electron chi connectivity index (χ3n) is 3.17. The van der Waals surface area contributed by atoms with Crippen LogP contribution in [-0.2, 0) is 19.4 Å². The van der Waals surface area contributed by atoms with Crippen LogP contribution in [0.4, 0.5) is 0 Å². The Labute approximate surface area is 108 Å². The molecule has 2 rings (SSSR count). The second kappa shape index (κ2) is 6.36. The maximum Gasteiger partial charge on any atom is 0.111 e. The van der Waals surface area contributed by atoms with E-state index in [0.29, 0.717) is 6.42 Å². The number of nitrogens with zero attached hydrogens (tertiary/aromatic N) is 2. The first-order valence-electron chi connectivity index (χ1n) is 6.51. The Morgan fingerprint density at radius 3 is 2.78 bits per heavy atom. The Kier molecular flexibility index (Phi) is 4.53. The zero-order valence-corrected chi connectivity index (χ0v) is 10.8. The van der Waals surface area contributed by atoms with Crippen molar-refractivity contribution in [1.29, 1.82) is 0 Å². The molecule has 0 bridgehead atoms. The van der Waals surface area contributed by atoms with Gasteiger partial charge < -0.3 is 9.67 Å². The van der Waals surface area contributed by atoms with Gasteiger partial charge in [-0.05, 0) is 25.3 Å². The highest BCUT2D eigenvalue weighted by molar-refractivity contribution is 5.14. The number of hydrogen-bond acceptors (Lipinski definition) is 2. The highest BCUT2D eigenvalue weighted by atomic mass is 16.3. The minimum Gasteiger partial charge on any atom is -0.393 e. The normalized spacial score (nSPS) is 12.6. The first kappa shape index (κ1) is 12.8. The van der Waals surface area contributed by atoms with Crippen molar-refractivity contribution in [1.82, 2.24) is 9.55 Å². The summed E-state index contributed by atoms with van der Waals surface area (Å²) in [7, 11) is 0. The van der Waals surface area contributed by atoms with Gasteiger partial charge in [0.25, 0.3) is 0 Å². The Morgan fingerprint density at radius 2 is 2.06 bits per heavy atom. The van der Waals surface area contributed by atoms with Crippen LogP contribution in [0.3, 0.4) is 0 Å². The molecule has 0 saturated heterocycles. The Morgan fingerprint density at radius 1 is 1.28 bits per heavy atom. The molecule has 1 unspecified atom stereocenters. The average molecular weight is 244 g/mol. The van der Waals surface area contributed by atoms with Crippen LogP contribution < -0.4 is 0 Å². The van der Waals surface area contributed by atoms with Gasteiger partial charge in [0.05, 0.1) is 6.10 Å². The summed E-state index contributed by atoms with van der Waals surface area (Å²) in [6, 6.07) is 10.3. The number of aromatic nitrogens is 2. The largest absolute Gasteiger partial charge is 0.393 e. The van der Waals surface area contributed by atoms with E-state index in [9.17, 15) is 5.11 Å². The van der Waals surface area contributed by atoms with Crippen LogP contribution in [0.2, 0.25) is 0 Å². The molecule has 96 valence electrons. The second-order valence-electron chi connectivity index (χ2n) is 4.51. The van der Waals surface area contributed by atoms with E-state index < -0.39 is 0 Å². The summed E-state index contributed by atoms with van der Waals surface area (Å²) in [5, 5.41) is 10.0. The van der Waals surface area contributed by atoms with Gasteiger partial charge in [-0.2, -0.15) is 0 Å². The number of benzene rings is 1. The zero-order valence-electron chi connectivity index (χ0n) is 10.8. The van der Waals surface area contributed by atoms with Crippen LogP contribution in [-0.4, -0.2) is 20.8 Å². The van der Waals surface area contributed by atoms with Crippen LogP contribution >= 0.6 is 0 Å². The summed E-state index contributed by atoms with van der Waals surface area (Å²) in [5.41, 5.74) is 1.27. The molecule has 1 aromatic heterocycles. The minimum absolute atomic E-state index is 0.321. The molecular formula is C15H20N2O. The molecular weight excluding hydrogens is 224 g/mol. The first-order valence-corrected chi connectivity index (χ1v) is 6.51. The maximum absolute atomic E-state index is 10.0. The molecule has 18 heavy (non-hydrogen) atoms. The number of aliphatic hydroxyl groups excluding tert-OH is 1. The lowest BCUT2D eigenvalue weighted by atomic mass is 10.0. The number of aliphatic hydroxyl groups is 1. The number of aryl methyl sites for hydroxylation is 2. The Balaban J connectivity index is 1.84. The van der Waals surface area contributed by atoms with Gasteiger partial charge in [0.15, 0.2) is 0 Å². The summed E-state index contributed by atoms with van der Waals surface area (Å²) in [6.07, 6.45) is 5.75. The topological polar surface area (TPSA) is 38.0 Å². The van der Waals surface area contributed by atoms with Gasteiger partial charge in [0.1, 0.15) is 5.82 Å². The van der Waals surface area contributed by atoms with E-state index in [1.165, 1.54) is 5.56 Å². The molecule has 1 aromatic carbocycles. The van der Waals surface area contributed by atoms with Crippen molar-refractivity contribution >= 4 is 0 Å². The SMILES string of the molecule is CCn1ccnc1CC(O)CCc1ccccc1. The molecule has 0 amide bonds. The monoisotopic (exact) mass is 244 g/mol. The quantitative estimate of drug-likeness (QED) is 0.847. The van der Waals surface area contributed by atoms with Crippen molar-refractivity contribution in [2.75, 3.05) is 0 Å². The zero-order chi connectivity index (χ0) is 12.8. The molecule has 2 aromatic rings. The molecule has 0 aliphatic carbocycles. The molecule has 0 fully saturated rings. The van der Waals surface area contributed by atoms with Gasteiger partial charge in [-0.15, -0.1) is 0 Å². The molecule has 0 aliphatic rings. The first-order chi connectivity index (χ1) is 8.79. The number of imidazole rings is 1. The van der Waals surface area contributed by atoms with Crippen molar-refractivity contribution in [2.24, 2.45) is 0 Å². The van der Waals surface area contributed by atoms with E-state index in [1.807, 2.05) is 24.4 Å². The summed E-state index contributed by atoms with van der Waals surface area (Å²) in [5.74, 6) is 0.970. The highest BCUT2D eigenvalue weighted by Gasteiger charge is 2.09. The lowest BCUT2D eigenvalue weighted by Gasteiger charge is -2.11. The van der Waals surface area contributed by atoms with Crippen LogP contribution in [0.25, 0.3) is 0 Å². The van der Waals surface area contributed by atoms with Gasteiger partial charge in [-0.25, -0.2) is 4.98 Å². The second-order valence-corrected chi connectivity index (χ2v) is 4.51. The smallest absolute Gasteiger partial charge is 0.111 e. The molecule has 1 atom stereocenters. The molecule has 0 radical (unpaired) electrons. The predicted octanol–water partition coefficient (Wildman–Crippen LogP) is 2.44. The Bertz CT molecular complexity index is 464. The fourth-order valence-corrected chi connectivity index (χ4v) is 2.11. The number of hydrogen-bond donors (Lipinski definition) is 1. The van der Waals surface area contributed by atoms with E-state index in [2.05, 4.69) is 28.6 Å². The van der Waals surface area contributed by atoms with Gasteiger partial charge in [0.2, 0.25) is 0 Å². The van der Waals surface area contributed by atoms with E-state index in [1.54, 1.807) is 6.20 Å². The number of rotatable bonds is 6. The third kappa shape index (κ3) is 3.44. The van der Waals surface area contributed by atoms with Crippen molar-refractivity contribution in [3.05, 3.63) is 54.1 Å². The van der Waals surface area contributed by atoms with Gasteiger partial charge in [-0.3, -0.25) is 0 Å². The third-order valence-corrected chi connectivity index (χ3v) is 3.17. The van der Waals surface area contributed by atoms with Crippen molar-refractivity contribution in [2.45, 2.75) is 38.8 Å². The summed E-state index contributed by atoms with van der Waals surface area (Å²) in [4.78, 5) is 4.28. The molecule has 0 spiro atoms. The molecule has 1 N–H and O–H groups in total. The van der Waals surface area contributed by atoms with Crippen molar-refractivity contribution < 1.29 is 5.11 Å². The van der Waals surface area contributed by atoms with E-state index >= 15 is 0 Å². The highest BCUT2D eigenvalue weighted by Crippen LogP contribution is 2.09. The van der Waals surface area contributed by atoms with Crippen LogP contribution in [0.15, 0.2) is 42.7 Å². The van der Waals surface area contributed by atoms with Gasteiger partial charge in [-0.1, -0.05) is 30.3 Å². The van der Waals surface area contributed by atoms with Crippen molar-refractivity contribution in [3.8, 4) is 0 Å². The van der Waals surface area contributed by atoms with Crippen LogP contribution in [0, 0.1) is 0 Å². The molecule has 3 heteroatoms. The van der Waals surface area contributed by atoms with Crippen LogP contribution in [0.1, 0.15) is 24.7 Å². The Hall–Kier alpha value is -1.61. The van der Waals surface area contributed by atoms with E-state index in [4.69, 9.17) is 0 Å². The molecule has 0 aliphatic heterocycles. The van der Waals surface area contributed by atoms with Gasteiger partial charge >= 0.3 is 0 Å². The molecule has 3 nitrogen and oxygen atoms in total. The fourth-order valence-electron chi connectivity index (χ4n) is 2.11. The lowest BCUT2D eigenvalue weighted by molar-refractivity contribution is 0.161. The fraction of sp³-hybridized carbons (Fsp3) is 0.400. The summed E-state index contributed by atoms with van der Waals surface area (Å²) >= 11 is 0. The van der Waals surface area contributed by atoms with E-state index in [-0.39, 0.29) is 6.10 Å². The van der Waals surface area contributed by atoms with Gasteiger partial charge in [0, 0.05) is 25.4 Å². The maximum atomic E-state index is 10.0. The standard InChI is InChI=1S/C15H20N2O/c1-2-17-11-10-16-15(17)12-14(18)9-8-13-6-4-3-5-7-13/h3-7,10-11,14,18H,2,8-9,12H2,1H3. The average Bonchev–Trinajstić information content (AvgIpc) is 2.85. The van der Waals surface area contributed by atoms with Crippen molar-refractivity contribution in [3.63, 3.8) is 0 Å².